The van der Waals surface area contributed by atoms with E-state index in [1.165, 1.54) is 4.88 Å². The smallest absolute Gasteiger partial charge is 0.0795 e. The molecule has 16 heavy (non-hydrogen) atoms. The van der Waals surface area contributed by atoms with Crippen LogP contribution < -0.4 is 5.32 Å². The van der Waals surface area contributed by atoms with Crippen LogP contribution in [0, 0.1) is 0 Å². The van der Waals surface area contributed by atoms with Gasteiger partial charge in [-0.3, -0.25) is 9.67 Å². The van der Waals surface area contributed by atoms with E-state index in [1.807, 2.05) is 17.9 Å². The van der Waals surface area contributed by atoms with Crippen molar-refractivity contribution >= 4 is 17.0 Å². The number of anilines is 1. The first kappa shape index (κ1) is 11.1. The second kappa shape index (κ2) is 5.09. The average Bonchev–Trinajstić information content (AvgIpc) is 2.89. The first-order valence-corrected chi connectivity index (χ1v) is 5.96. The van der Waals surface area contributed by atoms with Gasteiger partial charge in [0, 0.05) is 17.3 Å². The van der Waals surface area contributed by atoms with Crippen LogP contribution in [0.5, 0.6) is 0 Å². The van der Waals surface area contributed by atoms with Crippen molar-refractivity contribution in [2.45, 2.75) is 19.5 Å². The SMILES string of the molecule is CC(Nc1cnn(CCO)c1)c1cncs1. The minimum atomic E-state index is 0.103. The van der Waals surface area contributed by atoms with Crippen molar-refractivity contribution in [3.8, 4) is 0 Å². The number of thiazole rings is 1. The van der Waals surface area contributed by atoms with Crippen LogP contribution >= 0.6 is 11.3 Å². The minimum Gasteiger partial charge on any atom is -0.394 e. The van der Waals surface area contributed by atoms with E-state index in [-0.39, 0.29) is 12.6 Å². The third kappa shape index (κ3) is 2.59. The maximum atomic E-state index is 8.77. The van der Waals surface area contributed by atoms with Gasteiger partial charge in [-0.15, -0.1) is 11.3 Å². The third-order valence-corrected chi connectivity index (χ3v) is 3.18. The standard InChI is InChI=1S/C10H14N4OS/c1-8(10-5-11-7-16-10)13-9-4-12-14(6-9)2-3-15/h4-8,13,15H,2-3H2,1H3. The summed E-state index contributed by atoms with van der Waals surface area (Å²) in [5.74, 6) is 0. The lowest BCUT2D eigenvalue weighted by molar-refractivity contribution is 0.269. The molecule has 6 heteroatoms. The highest BCUT2D eigenvalue weighted by Crippen LogP contribution is 2.21. The molecule has 0 aliphatic rings. The van der Waals surface area contributed by atoms with Crippen LogP contribution in [0.15, 0.2) is 24.1 Å². The molecule has 1 unspecified atom stereocenters. The zero-order chi connectivity index (χ0) is 11.4. The Bertz CT molecular complexity index is 426. The van der Waals surface area contributed by atoms with Gasteiger partial charge < -0.3 is 10.4 Å². The highest BCUT2D eigenvalue weighted by Gasteiger charge is 2.07. The molecular weight excluding hydrogens is 224 g/mol. The Balaban J connectivity index is 1.98. The molecule has 0 saturated heterocycles. The Hall–Kier alpha value is -1.40. The molecule has 2 heterocycles. The summed E-state index contributed by atoms with van der Waals surface area (Å²) in [6, 6.07) is 0.222. The van der Waals surface area contributed by atoms with Crippen LogP contribution in [0.4, 0.5) is 5.69 Å². The molecule has 2 aromatic rings. The second-order valence-electron chi connectivity index (χ2n) is 3.49. The maximum absolute atomic E-state index is 8.77. The number of nitrogens with zero attached hydrogens (tertiary/aromatic N) is 3. The fourth-order valence-electron chi connectivity index (χ4n) is 1.42. The number of nitrogens with one attached hydrogen (secondary N) is 1. The van der Waals surface area contributed by atoms with Crippen LogP contribution in [-0.2, 0) is 6.54 Å². The van der Waals surface area contributed by atoms with E-state index in [0.29, 0.717) is 6.54 Å². The van der Waals surface area contributed by atoms with E-state index < -0.39 is 0 Å². The number of aliphatic hydroxyl groups excluding tert-OH is 1. The van der Waals surface area contributed by atoms with E-state index in [0.717, 1.165) is 5.69 Å². The predicted octanol–water partition coefficient (Wildman–Crippen LogP) is 1.50. The topological polar surface area (TPSA) is 63.0 Å². The van der Waals surface area contributed by atoms with Crippen molar-refractivity contribution in [1.29, 1.82) is 0 Å². The summed E-state index contributed by atoms with van der Waals surface area (Å²) >= 11 is 1.63. The van der Waals surface area contributed by atoms with Crippen LogP contribution in [0.1, 0.15) is 17.8 Å². The number of rotatable bonds is 5. The summed E-state index contributed by atoms with van der Waals surface area (Å²) in [5.41, 5.74) is 2.78. The minimum absolute atomic E-state index is 0.103. The van der Waals surface area contributed by atoms with E-state index >= 15 is 0 Å². The molecule has 2 aromatic heterocycles. The summed E-state index contributed by atoms with van der Waals surface area (Å²) in [6.45, 7) is 2.71. The lowest BCUT2D eigenvalue weighted by Gasteiger charge is -2.10. The number of aromatic nitrogens is 3. The normalized spacial score (nSPS) is 12.6. The fraction of sp³-hybridized carbons (Fsp3) is 0.400. The summed E-state index contributed by atoms with van der Waals surface area (Å²) in [7, 11) is 0. The Morgan fingerprint density at radius 1 is 1.56 bits per heavy atom. The van der Waals surface area contributed by atoms with Crippen molar-refractivity contribution in [2.75, 3.05) is 11.9 Å². The van der Waals surface area contributed by atoms with Gasteiger partial charge in [-0.05, 0) is 6.92 Å². The molecule has 0 saturated carbocycles. The first-order chi connectivity index (χ1) is 7.79. The van der Waals surface area contributed by atoms with Crippen molar-refractivity contribution in [3.63, 3.8) is 0 Å². The van der Waals surface area contributed by atoms with Gasteiger partial charge in [-0.25, -0.2) is 0 Å². The highest BCUT2D eigenvalue weighted by atomic mass is 32.1. The van der Waals surface area contributed by atoms with Crippen LogP contribution in [-0.4, -0.2) is 26.5 Å². The van der Waals surface area contributed by atoms with Gasteiger partial charge in [-0.2, -0.15) is 5.10 Å². The van der Waals surface area contributed by atoms with Crippen molar-refractivity contribution < 1.29 is 5.11 Å². The van der Waals surface area contributed by atoms with Crippen molar-refractivity contribution in [2.24, 2.45) is 0 Å². The van der Waals surface area contributed by atoms with Crippen LogP contribution in [0.2, 0.25) is 0 Å². The molecule has 1 atom stereocenters. The van der Waals surface area contributed by atoms with Gasteiger partial charge >= 0.3 is 0 Å². The molecule has 0 aliphatic carbocycles. The van der Waals surface area contributed by atoms with Gasteiger partial charge in [0.05, 0.1) is 36.6 Å². The Morgan fingerprint density at radius 2 is 2.44 bits per heavy atom. The Kier molecular flexibility index (Phi) is 3.53. The van der Waals surface area contributed by atoms with E-state index in [2.05, 4.69) is 22.3 Å². The molecule has 2 N–H and O–H groups in total. The number of aliphatic hydroxyl groups is 1. The average molecular weight is 238 g/mol. The second-order valence-corrected chi connectivity index (χ2v) is 4.40. The quantitative estimate of drug-likeness (QED) is 0.828. The monoisotopic (exact) mass is 238 g/mol. The van der Waals surface area contributed by atoms with E-state index in [9.17, 15) is 0 Å². The van der Waals surface area contributed by atoms with E-state index in [1.54, 1.807) is 22.2 Å². The third-order valence-electron chi connectivity index (χ3n) is 2.22. The lowest BCUT2D eigenvalue weighted by Crippen LogP contribution is -2.04. The summed E-state index contributed by atoms with van der Waals surface area (Å²) in [6.07, 6.45) is 5.50. The van der Waals surface area contributed by atoms with Crippen LogP contribution in [0.3, 0.4) is 0 Å². The largest absolute Gasteiger partial charge is 0.394 e. The lowest BCUT2D eigenvalue weighted by atomic mass is 10.3. The Morgan fingerprint density at radius 3 is 3.12 bits per heavy atom. The van der Waals surface area contributed by atoms with Gasteiger partial charge in [0.15, 0.2) is 0 Å². The molecule has 0 spiro atoms. The molecular formula is C10H14N4OS. The zero-order valence-electron chi connectivity index (χ0n) is 9.00. The van der Waals surface area contributed by atoms with Gasteiger partial charge in [0.2, 0.25) is 0 Å². The number of hydrogen-bond donors (Lipinski definition) is 2. The summed E-state index contributed by atoms with van der Waals surface area (Å²) < 4.78 is 1.71. The summed E-state index contributed by atoms with van der Waals surface area (Å²) in [5, 5.41) is 16.2. The molecule has 0 amide bonds. The zero-order valence-corrected chi connectivity index (χ0v) is 9.81. The van der Waals surface area contributed by atoms with E-state index in [4.69, 9.17) is 5.11 Å². The highest BCUT2D eigenvalue weighted by molar-refractivity contribution is 7.09. The summed E-state index contributed by atoms with van der Waals surface area (Å²) in [4.78, 5) is 5.23. The molecule has 86 valence electrons. The predicted molar refractivity (Wildman–Crippen MR) is 63.5 cm³/mol. The van der Waals surface area contributed by atoms with Gasteiger partial charge in [-0.1, -0.05) is 0 Å². The fourth-order valence-corrected chi connectivity index (χ4v) is 2.05. The van der Waals surface area contributed by atoms with Crippen LogP contribution in [0.25, 0.3) is 0 Å². The molecule has 5 nitrogen and oxygen atoms in total. The maximum Gasteiger partial charge on any atom is 0.0795 e. The first-order valence-electron chi connectivity index (χ1n) is 5.08. The molecule has 0 aliphatic heterocycles. The molecule has 0 fully saturated rings. The molecule has 0 bridgehead atoms. The number of hydrogen-bond acceptors (Lipinski definition) is 5. The van der Waals surface area contributed by atoms with Gasteiger partial charge in [0.25, 0.3) is 0 Å². The van der Waals surface area contributed by atoms with Crippen molar-refractivity contribution in [3.05, 3.63) is 29.0 Å². The molecule has 0 radical (unpaired) electrons. The molecule has 0 aromatic carbocycles. The molecule has 2 rings (SSSR count). The van der Waals surface area contributed by atoms with Gasteiger partial charge in [0.1, 0.15) is 0 Å². The van der Waals surface area contributed by atoms with Crippen molar-refractivity contribution in [1.82, 2.24) is 14.8 Å². The Labute approximate surface area is 97.8 Å².